The molecule has 26 heavy (non-hydrogen) atoms. The number of sulfonamides is 1. The molecule has 0 spiro atoms. The van der Waals surface area contributed by atoms with E-state index in [1.165, 1.54) is 10.5 Å². The maximum absolute atomic E-state index is 12.6. The van der Waals surface area contributed by atoms with Gasteiger partial charge in [0.1, 0.15) is 10.7 Å². The number of morpholine rings is 2. The van der Waals surface area contributed by atoms with Crippen LogP contribution < -0.4 is 5.32 Å². The Hall–Kier alpha value is -1.26. The van der Waals surface area contributed by atoms with Crippen LogP contribution in [-0.4, -0.2) is 87.3 Å². The summed E-state index contributed by atoms with van der Waals surface area (Å²) in [6.45, 7) is 10.1. The third-order valence-corrected chi connectivity index (χ3v) is 6.80. The molecule has 3 heterocycles. The van der Waals surface area contributed by atoms with E-state index in [2.05, 4.69) is 29.0 Å². The van der Waals surface area contributed by atoms with E-state index in [9.17, 15) is 8.42 Å². The zero-order valence-electron chi connectivity index (χ0n) is 15.5. The van der Waals surface area contributed by atoms with E-state index >= 15 is 0 Å². The molecule has 1 aromatic rings. The Kier molecular flexibility index (Phi) is 6.13. The highest BCUT2D eigenvalue weighted by atomic mass is 32.2. The molecule has 1 aromatic heterocycles. The normalized spacial score (nSPS) is 20.8. The molecular weight excluding hydrogens is 356 g/mol. The first-order chi connectivity index (χ1) is 12.4. The Morgan fingerprint density at radius 3 is 2.27 bits per heavy atom. The summed E-state index contributed by atoms with van der Waals surface area (Å²) in [5.74, 6) is 0.673. The highest BCUT2D eigenvalue weighted by molar-refractivity contribution is 7.89. The summed E-state index contributed by atoms with van der Waals surface area (Å²) in [7, 11) is -3.50. The van der Waals surface area contributed by atoms with Crippen molar-refractivity contribution in [1.82, 2.24) is 14.2 Å². The molecular formula is C17H28N4O4S. The van der Waals surface area contributed by atoms with Crippen molar-refractivity contribution in [2.75, 3.05) is 64.5 Å². The standard InChI is InChI=1S/C17H28N4O4S/c1-17(2,20-5-9-24-10-6-20)14-19-16-4-3-15(13-18-16)26(22,23)21-7-11-25-12-8-21/h3-4,13H,5-12,14H2,1-2H3,(H,18,19). The van der Waals surface area contributed by atoms with Gasteiger partial charge in [-0.3, -0.25) is 4.90 Å². The van der Waals surface area contributed by atoms with Gasteiger partial charge >= 0.3 is 0 Å². The van der Waals surface area contributed by atoms with Gasteiger partial charge in [0, 0.05) is 44.5 Å². The molecule has 3 rings (SSSR count). The molecule has 0 atom stereocenters. The highest BCUT2D eigenvalue weighted by Gasteiger charge is 2.29. The van der Waals surface area contributed by atoms with E-state index in [-0.39, 0.29) is 10.4 Å². The lowest BCUT2D eigenvalue weighted by Gasteiger charge is -2.41. The Morgan fingerprint density at radius 1 is 1.08 bits per heavy atom. The zero-order chi connectivity index (χ0) is 18.6. The summed E-state index contributed by atoms with van der Waals surface area (Å²) < 4.78 is 37.3. The van der Waals surface area contributed by atoms with Gasteiger partial charge in [0.25, 0.3) is 0 Å². The average Bonchev–Trinajstić information content (AvgIpc) is 2.68. The van der Waals surface area contributed by atoms with Gasteiger partial charge in [-0.25, -0.2) is 13.4 Å². The van der Waals surface area contributed by atoms with Gasteiger partial charge in [0.15, 0.2) is 0 Å². The second-order valence-electron chi connectivity index (χ2n) is 7.16. The van der Waals surface area contributed by atoms with Gasteiger partial charge in [-0.2, -0.15) is 4.31 Å². The Bertz CT molecular complexity index is 681. The van der Waals surface area contributed by atoms with Crippen LogP contribution in [0.3, 0.4) is 0 Å². The average molecular weight is 385 g/mol. The van der Waals surface area contributed by atoms with Crippen LogP contribution in [-0.2, 0) is 19.5 Å². The molecule has 0 unspecified atom stereocenters. The number of anilines is 1. The third-order valence-electron chi connectivity index (χ3n) is 4.91. The minimum absolute atomic E-state index is 0.0377. The van der Waals surface area contributed by atoms with E-state index in [4.69, 9.17) is 9.47 Å². The predicted molar refractivity (Wildman–Crippen MR) is 98.8 cm³/mol. The quantitative estimate of drug-likeness (QED) is 0.770. The van der Waals surface area contributed by atoms with Crippen molar-refractivity contribution in [2.45, 2.75) is 24.3 Å². The minimum atomic E-state index is -3.50. The molecule has 0 bridgehead atoms. The van der Waals surface area contributed by atoms with Crippen LogP contribution in [0.15, 0.2) is 23.2 Å². The van der Waals surface area contributed by atoms with Crippen molar-refractivity contribution in [1.29, 1.82) is 0 Å². The van der Waals surface area contributed by atoms with Gasteiger partial charge in [0.2, 0.25) is 10.0 Å². The van der Waals surface area contributed by atoms with Crippen LogP contribution in [0, 0.1) is 0 Å². The molecule has 9 heteroatoms. The summed E-state index contributed by atoms with van der Waals surface area (Å²) in [6.07, 6.45) is 1.43. The van der Waals surface area contributed by atoms with Crippen molar-refractivity contribution in [3.05, 3.63) is 18.3 Å². The van der Waals surface area contributed by atoms with Gasteiger partial charge in [-0.15, -0.1) is 0 Å². The molecule has 0 saturated carbocycles. The largest absolute Gasteiger partial charge is 0.379 e. The van der Waals surface area contributed by atoms with Crippen molar-refractivity contribution >= 4 is 15.8 Å². The van der Waals surface area contributed by atoms with Gasteiger partial charge in [-0.05, 0) is 26.0 Å². The van der Waals surface area contributed by atoms with Crippen molar-refractivity contribution < 1.29 is 17.9 Å². The smallest absolute Gasteiger partial charge is 0.244 e. The first-order valence-electron chi connectivity index (χ1n) is 9.00. The Labute approximate surface area is 155 Å². The molecule has 0 amide bonds. The fraction of sp³-hybridized carbons (Fsp3) is 0.706. The molecule has 2 aliphatic heterocycles. The van der Waals surface area contributed by atoms with E-state index in [0.717, 1.165) is 32.8 Å². The Morgan fingerprint density at radius 2 is 1.69 bits per heavy atom. The molecule has 2 aliphatic rings. The number of pyridine rings is 1. The van der Waals surface area contributed by atoms with Crippen LogP contribution in [0.5, 0.6) is 0 Å². The summed E-state index contributed by atoms with van der Waals surface area (Å²) in [5.41, 5.74) is -0.0377. The van der Waals surface area contributed by atoms with Crippen molar-refractivity contribution in [2.24, 2.45) is 0 Å². The number of nitrogens with zero attached hydrogens (tertiary/aromatic N) is 3. The lowest BCUT2D eigenvalue weighted by Crippen LogP contribution is -2.53. The zero-order valence-corrected chi connectivity index (χ0v) is 16.3. The lowest BCUT2D eigenvalue weighted by molar-refractivity contribution is -0.00570. The molecule has 0 radical (unpaired) electrons. The predicted octanol–water partition coefficient (Wildman–Crippen LogP) is 0.625. The monoisotopic (exact) mass is 384 g/mol. The van der Waals surface area contributed by atoms with Gasteiger partial charge in [0.05, 0.1) is 26.4 Å². The number of ether oxygens (including phenoxy) is 2. The van der Waals surface area contributed by atoms with E-state index in [0.29, 0.717) is 32.1 Å². The van der Waals surface area contributed by atoms with E-state index < -0.39 is 10.0 Å². The maximum atomic E-state index is 12.6. The number of aromatic nitrogens is 1. The topological polar surface area (TPSA) is 84.0 Å². The van der Waals surface area contributed by atoms with E-state index in [1.54, 1.807) is 12.1 Å². The second kappa shape index (κ2) is 8.18. The third kappa shape index (κ3) is 4.52. The molecule has 2 saturated heterocycles. The SMILES string of the molecule is CC(C)(CNc1ccc(S(=O)(=O)N2CCOCC2)cn1)N1CCOCC1. The van der Waals surface area contributed by atoms with Crippen LogP contribution in [0.1, 0.15) is 13.8 Å². The minimum Gasteiger partial charge on any atom is -0.379 e. The number of rotatable bonds is 6. The molecule has 0 aromatic carbocycles. The number of nitrogens with one attached hydrogen (secondary N) is 1. The molecule has 8 nitrogen and oxygen atoms in total. The fourth-order valence-electron chi connectivity index (χ4n) is 3.16. The summed E-state index contributed by atoms with van der Waals surface area (Å²) in [4.78, 5) is 6.91. The maximum Gasteiger partial charge on any atom is 0.244 e. The molecule has 146 valence electrons. The summed E-state index contributed by atoms with van der Waals surface area (Å²) in [6, 6.07) is 3.34. The van der Waals surface area contributed by atoms with E-state index in [1.807, 2.05) is 0 Å². The first-order valence-corrected chi connectivity index (χ1v) is 10.4. The van der Waals surface area contributed by atoms with Gasteiger partial charge in [-0.1, -0.05) is 0 Å². The van der Waals surface area contributed by atoms with Crippen LogP contribution in [0.25, 0.3) is 0 Å². The van der Waals surface area contributed by atoms with Crippen molar-refractivity contribution in [3.63, 3.8) is 0 Å². The summed E-state index contributed by atoms with van der Waals surface area (Å²) >= 11 is 0. The van der Waals surface area contributed by atoms with Crippen LogP contribution >= 0.6 is 0 Å². The van der Waals surface area contributed by atoms with Crippen LogP contribution in [0.4, 0.5) is 5.82 Å². The molecule has 0 aliphatic carbocycles. The fourth-order valence-corrected chi connectivity index (χ4v) is 4.51. The number of hydrogen-bond donors (Lipinski definition) is 1. The second-order valence-corrected chi connectivity index (χ2v) is 9.10. The summed E-state index contributed by atoms with van der Waals surface area (Å²) in [5, 5.41) is 3.32. The van der Waals surface area contributed by atoms with Gasteiger partial charge < -0.3 is 14.8 Å². The molecule has 2 fully saturated rings. The van der Waals surface area contributed by atoms with Crippen molar-refractivity contribution in [3.8, 4) is 0 Å². The highest BCUT2D eigenvalue weighted by Crippen LogP contribution is 2.20. The number of hydrogen-bond acceptors (Lipinski definition) is 7. The van der Waals surface area contributed by atoms with Crippen LogP contribution in [0.2, 0.25) is 0 Å². The first kappa shape index (κ1) is 19.5. The Balaban J connectivity index is 1.60. The molecule has 1 N–H and O–H groups in total. The lowest BCUT2D eigenvalue weighted by atomic mass is 10.0.